The molecule has 5 heteroatoms. The number of benzene rings is 1. The van der Waals surface area contributed by atoms with Gasteiger partial charge >= 0.3 is 0 Å². The molecule has 0 saturated carbocycles. The number of likely N-dealkylation sites (N-methyl/N-ethyl adjacent to an activating group) is 1. The molecule has 118 valence electrons. The number of carbonyl (C=O) groups excluding carboxylic acids is 1. The SMILES string of the molecule is COc1ccc(OCC[NH+](C)CC(=O)NC(C)(C)C)cc1. The zero-order chi connectivity index (χ0) is 15.9. The number of nitrogens with one attached hydrogen (secondary N) is 2. The monoisotopic (exact) mass is 295 g/mol. The molecule has 2 N–H and O–H groups in total. The van der Waals surface area contributed by atoms with Crippen LogP contribution in [0.5, 0.6) is 11.5 Å². The number of carbonyl (C=O) groups is 1. The Morgan fingerprint density at radius 3 is 2.29 bits per heavy atom. The summed E-state index contributed by atoms with van der Waals surface area (Å²) in [6, 6.07) is 7.48. The summed E-state index contributed by atoms with van der Waals surface area (Å²) in [6.07, 6.45) is 0. The molecular formula is C16H27N2O3+. The molecule has 0 aliphatic rings. The molecule has 1 atom stereocenters. The first-order chi connectivity index (χ1) is 9.80. The summed E-state index contributed by atoms with van der Waals surface area (Å²) in [7, 11) is 3.62. The van der Waals surface area contributed by atoms with Crippen molar-refractivity contribution >= 4 is 5.91 Å². The third-order valence-electron chi connectivity index (χ3n) is 2.83. The standard InChI is InChI=1S/C16H26N2O3/c1-16(2,3)17-15(19)12-18(4)10-11-21-14-8-6-13(20-5)7-9-14/h6-9H,10-12H2,1-5H3,(H,17,19)/p+1. The lowest BCUT2D eigenvalue weighted by molar-refractivity contribution is -0.871. The minimum atomic E-state index is -0.184. The normalized spacial score (nSPS) is 12.6. The van der Waals surface area contributed by atoms with Crippen LogP contribution < -0.4 is 19.7 Å². The van der Waals surface area contributed by atoms with Crippen LogP contribution in [0.2, 0.25) is 0 Å². The Balaban J connectivity index is 2.26. The van der Waals surface area contributed by atoms with Gasteiger partial charge in [-0.2, -0.15) is 0 Å². The molecule has 0 saturated heterocycles. The lowest BCUT2D eigenvalue weighted by Crippen LogP contribution is -3.11. The van der Waals surface area contributed by atoms with Crippen LogP contribution in [-0.4, -0.2) is 45.3 Å². The Morgan fingerprint density at radius 1 is 1.19 bits per heavy atom. The smallest absolute Gasteiger partial charge is 0.275 e. The van der Waals surface area contributed by atoms with E-state index in [0.717, 1.165) is 22.9 Å². The molecule has 1 amide bonds. The van der Waals surface area contributed by atoms with Crippen molar-refractivity contribution in [1.82, 2.24) is 5.32 Å². The predicted octanol–water partition coefficient (Wildman–Crippen LogP) is 0.503. The van der Waals surface area contributed by atoms with Crippen molar-refractivity contribution in [1.29, 1.82) is 0 Å². The summed E-state index contributed by atoms with van der Waals surface area (Å²) in [4.78, 5) is 12.9. The van der Waals surface area contributed by atoms with E-state index >= 15 is 0 Å². The summed E-state index contributed by atoms with van der Waals surface area (Å²) in [5, 5.41) is 2.96. The third kappa shape index (κ3) is 7.56. The zero-order valence-corrected chi connectivity index (χ0v) is 13.7. The number of rotatable bonds is 7. The minimum Gasteiger partial charge on any atom is -0.497 e. The van der Waals surface area contributed by atoms with Gasteiger partial charge in [-0.3, -0.25) is 4.79 Å². The first-order valence-electron chi connectivity index (χ1n) is 7.19. The average Bonchev–Trinajstić information content (AvgIpc) is 2.37. The van der Waals surface area contributed by atoms with Crippen molar-refractivity contribution in [2.24, 2.45) is 0 Å². The molecule has 1 aromatic rings. The van der Waals surface area contributed by atoms with E-state index in [1.54, 1.807) is 7.11 Å². The Bertz CT molecular complexity index is 438. The summed E-state index contributed by atoms with van der Waals surface area (Å²) in [5.74, 6) is 1.68. The van der Waals surface area contributed by atoms with Gasteiger partial charge in [0, 0.05) is 5.54 Å². The fourth-order valence-electron chi connectivity index (χ4n) is 1.84. The first-order valence-corrected chi connectivity index (χ1v) is 7.19. The van der Waals surface area contributed by atoms with E-state index in [4.69, 9.17) is 9.47 Å². The second kappa shape index (κ2) is 7.88. The largest absolute Gasteiger partial charge is 0.497 e. The van der Waals surface area contributed by atoms with Crippen LogP contribution in [-0.2, 0) is 4.79 Å². The van der Waals surface area contributed by atoms with Crippen LogP contribution in [0, 0.1) is 0 Å². The summed E-state index contributed by atoms with van der Waals surface area (Å²) >= 11 is 0. The molecule has 0 bridgehead atoms. The van der Waals surface area contributed by atoms with Gasteiger partial charge < -0.3 is 19.7 Å². The number of hydrogen-bond acceptors (Lipinski definition) is 3. The van der Waals surface area contributed by atoms with Crippen molar-refractivity contribution in [3.63, 3.8) is 0 Å². The van der Waals surface area contributed by atoms with E-state index in [1.165, 1.54) is 0 Å². The van der Waals surface area contributed by atoms with Crippen molar-refractivity contribution in [3.8, 4) is 11.5 Å². The summed E-state index contributed by atoms with van der Waals surface area (Å²) in [5.41, 5.74) is -0.184. The van der Waals surface area contributed by atoms with Gasteiger partial charge in [0.25, 0.3) is 5.91 Å². The maximum atomic E-state index is 11.8. The number of methoxy groups -OCH3 is 1. The van der Waals surface area contributed by atoms with Crippen LogP contribution in [0.1, 0.15) is 20.8 Å². The van der Waals surface area contributed by atoms with Crippen molar-refractivity contribution in [2.45, 2.75) is 26.3 Å². The van der Waals surface area contributed by atoms with E-state index in [-0.39, 0.29) is 11.4 Å². The van der Waals surface area contributed by atoms with Gasteiger partial charge in [-0.05, 0) is 45.0 Å². The summed E-state index contributed by atoms with van der Waals surface area (Å²) in [6.45, 7) is 7.72. The molecule has 0 heterocycles. The Hall–Kier alpha value is -1.75. The molecule has 5 nitrogen and oxygen atoms in total. The lowest BCUT2D eigenvalue weighted by Gasteiger charge is -2.22. The van der Waals surface area contributed by atoms with E-state index in [0.29, 0.717) is 13.2 Å². The van der Waals surface area contributed by atoms with Gasteiger partial charge in [-0.1, -0.05) is 0 Å². The Labute approximate surface area is 127 Å². The number of ether oxygens (including phenoxy) is 2. The van der Waals surface area contributed by atoms with Crippen LogP contribution in [0.3, 0.4) is 0 Å². The molecule has 21 heavy (non-hydrogen) atoms. The molecule has 1 rings (SSSR count). The predicted molar refractivity (Wildman–Crippen MR) is 83.0 cm³/mol. The molecule has 1 unspecified atom stereocenters. The molecule has 1 aromatic carbocycles. The van der Waals surface area contributed by atoms with E-state index in [9.17, 15) is 4.79 Å². The van der Waals surface area contributed by atoms with Gasteiger partial charge in [0.05, 0.1) is 14.2 Å². The quantitative estimate of drug-likeness (QED) is 0.770. The number of hydrogen-bond donors (Lipinski definition) is 2. The fourth-order valence-corrected chi connectivity index (χ4v) is 1.84. The highest BCUT2D eigenvalue weighted by Crippen LogP contribution is 2.16. The lowest BCUT2D eigenvalue weighted by atomic mass is 10.1. The van der Waals surface area contributed by atoms with Crippen molar-refractivity contribution in [2.75, 3.05) is 33.9 Å². The average molecular weight is 295 g/mol. The van der Waals surface area contributed by atoms with Crippen molar-refractivity contribution < 1.29 is 19.2 Å². The van der Waals surface area contributed by atoms with Gasteiger partial charge in [-0.25, -0.2) is 0 Å². The fraction of sp³-hybridized carbons (Fsp3) is 0.562. The Morgan fingerprint density at radius 2 is 1.76 bits per heavy atom. The van der Waals surface area contributed by atoms with Crippen LogP contribution in [0.15, 0.2) is 24.3 Å². The van der Waals surface area contributed by atoms with Gasteiger partial charge in [0.2, 0.25) is 0 Å². The first kappa shape index (κ1) is 17.3. The molecule has 0 spiro atoms. The van der Waals surface area contributed by atoms with Gasteiger partial charge in [0.15, 0.2) is 6.54 Å². The molecule has 0 fully saturated rings. The molecular weight excluding hydrogens is 268 g/mol. The van der Waals surface area contributed by atoms with Crippen molar-refractivity contribution in [3.05, 3.63) is 24.3 Å². The van der Waals surface area contributed by atoms with Crippen LogP contribution in [0.4, 0.5) is 0 Å². The Kier molecular flexibility index (Phi) is 6.49. The highest BCUT2D eigenvalue weighted by molar-refractivity contribution is 5.77. The molecule has 0 aliphatic heterocycles. The van der Waals surface area contributed by atoms with Crippen LogP contribution >= 0.6 is 0 Å². The highest BCUT2D eigenvalue weighted by Gasteiger charge is 2.16. The number of quaternary nitrogens is 1. The maximum absolute atomic E-state index is 11.8. The minimum absolute atomic E-state index is 0.0597. The zero-order valence-electron chi connectivity index (χ0n) is 13.7. The number of amides is 1. The third-order valence-corrected chi connectivity index (χ3v) is 2.83. The van der Waals surface area contributed by atoms with Gasteiger partial charge in [0.1, 0.15) is 24.7 Å². The van der Waals surface area contributed by atoms with E-state index in [1.807, 2.05) is 52.1 Å². The molecule has 0 aliphatic carbocycles. The molecule has 0 aromatic heterocycles. The summed E-state index contributed by atoms with van der Waals surface area (Å²) < 4.78 is 10.7. The highest BCUT2D eigenvalue weighted by atomic mass is 16.5. The molecule has 0 radical (unpaired) electrons. The van der Waals surface area contributed by atoms with E-state index < -0.39 is 0 Å². The second-order valence-corrected chi connectivity index (χ2v) is 6.21. The topological polar surface area (TPSA) is 52.0 Å². The van der Waals surface area contributed by atoms with Gasteiger partial charge in [-0.15, -0.1) is 0 Å². The van der Waals surface area contributed by atoms with Crippen LogP contribution in [0.25, 0.3) is 0 Å². The van der Waals surface area contributed by atoms with E-state index in [2.05, 4.69) is 5.32 Å². The maximum Gasteiger partial charge on any atom is 0.275 e. The second-order valence-electron chi connectivity index (χ2n) is 6.21.